The number of hydrogen-bond donors (Lipinski definition) is 2. The maximum absolute atomic E-state index is 6.12. The molecule has 2 saturated heterocycles. The largest absolute Gasteiger partial charge is 0.368 e. The number of halogens is 1. The van der Waals surface area contributed by atoms with Crippen LogP contribution in [-0.4, -0.2) is 35.1 Å². The molecular weight excluding hydrogens is 318 g/mol. The van der Waals surface area contributed by atoms with Gasteiger partial charge in [0.1, 0.15) is 0 Å². The van der Waals surface area contributed by atoms with Crippen molar-refractivity contribution in [3.8, 4) is 0 Å². The molecule has 2 fully saturated rings. The van der Waals surface area contributed by atoms with Crippen LogP contribution in [0.25, 0.3) is 20.3 Å². The molecule has 112 valence electrons. The van der Waals surface area contributed by atoms with Crippen molar-refractivity contribution in [3.63, 3.8) is 0 Å². The molecule has 0 unspecified atom stereocenters. The highest BCUT2D eigenvalue weighted by Gasteiger charge is 2.39. The van der Waals surface area contributed by atoms with E-state index in [1.54, 1.807) is 11.3 Å². The molecule has 2 aliphatic rings. The van der Waals surface area contributed by atoms with Crippen molar-refractivity contribution in [2.75, 3.05) is 23.7 Å². The van der Waals surface area contributed by atoms with E-state index in [1.165, 1.54) is 6.42 Å². The topological polar surface area (TPSA) is 67.1 Å². The number of nitrogens with zero attached hydrogens (tertiary/aromatic N) is 3. The molecule has 22 heavy (non-hydrogen) atoms. The van der Waals surface area contributed by atoms with Crippen molar-refractivity contribution in [2.45, 2.75) is 18.5 Å². The van der Waals surface area contributed by atoms with E-state index < -0.39 is 0 Å². The number of thiophene rings is 1. The van der Waals surface area contributed by atoms with Crippen LogP contribution in [0.1, 0.15) is 6.42 Å². The van der Waals surface area contributed by atoms with Crippen LogP contribution in [0.4, 0.5) is 11.8 Å². The first kappa shape index (κ1) is 12.9. The molecule has 0 aliphatic carbocycles. The zero-order valence-corrected chi connectivity index (χ0v) is 13.3. The normalized spacial score (nSPS) is 24.0. The van der Waals surface area contributed by atoms with Crippen LogP contribution in [0, 0.1) is 0 Å². The molecule has 2 atom stereocenters. The minimum Gasteiger partial charge on any atom is -0.368 e. The summed E-state index contributed by atoms with van der Waals surface area (Å²) in [5.74, 6) is 1.32. The van der Waals surface area contributed by atoms with Gasteiger partial charge in [-0.2, -0.15) is 4.98 Å². The van der Waals surface area contributed by atoms with Crippen LogP contribution in [0.5, 0.6) is 0 Å². The van der Waals surface area contributed by atoms with Crippen LogP contribution in [-0.2, 0) is 0 Å². The summed E-state index contributed by atoms with van der Waals surface area (Å²) in [5, 5.41) is 5.36. The van der Waals surface area contributed by atoms with Gasteiger partial charge in [0.05, 0.1) is 10.2 Å². The van der Waals surface area contributed by atoms with Gasteiger partial charge in [-0.25, -0.2) is 4.98 Å². The number of fused-ring (bicyclic) bond motifs is 5. The summed E-state index contributed by atoms with van der Waals surface area (Å²) in [7, 11) is 0. The van der Waals surface area contributed by atoms with Gasteiger partial charge < -0.3 is 16.0 Å². The summed E-state index contributed by atoms with van der Waals surface area (Å²) in [6.07, 6.45) is 1.18. The van der Waals surface area contributed by atoms with Crippen LogP contribution in [0.2, 0.25) is 5.02 Å². The monoisotopic (exact) mass is 331 g/mol. The van der Waals surface area contributed by atoms with Gasteiger partial charge in [-0.15, -0.1) is 11.3 Å². The lowest BCUT2D eigenvalue weighted by Crippen LogP contribution is -2.44. The fraction of sp³-hybridized carbons (Fsp3) is 0.333. The molecule has 1 aromatic carbocycles. The highest BCUT2D eigenvalue weighted by molar-refractivity contribution is 7.26. The number of anilines is 2. The molecule has 2 aromatic heterocycles. The number of benzene rings is 1. The van der Waals surface area contributed by atoms with Crippen molar-refractivity contribution in [1.29, 1.82) is 0 Å². The number of nitrogen functional groups attached to an aromatic ring is 1. The Balaban J connectivity index is 1.78. The quantitative estimate of drug-likeness (QED) is 0.717. The number of nitrogens with two attached hydrogens (primary N) is 1. The van der Waals surface area contributed by atoms with Gasteiger partial charge in [0, 0.05) is 40.3 Å². The number of piperazine rings is 1. The molecule has 0 radical (unpaired) electrons. The van der Waals surface area contributed by atoms with Crippen molar-refractivity contribution in [3.05, 3.63) is 23.2 Å². The average molecular weight is 332 g/mol. The maximum Gasteiger partial charge on any atom is 0.222 e. The summed E-state index contributed by atoms with van der Waals surface area (Å²) in [6, 6.07) is 6.98. The molecule has 3 aromatic rings. The lowest BCUT2D eigenvalue weighted by molar-refractivity contribution is 0.578. The molecular formula is C15H14ClN5S. The Kier molecular flexibility index (Phi) is 2.60. The molecule has 3 N–H and O–H groups in total. The first-order chi connectivity index (χ1) is 10.7. The van der Waals surface area contributed by atoms with Crippen molar-refractivity contribution < 1.29 is 0 Å². The zero-order chi connectivity index (χ0) is 14.8. The average Bonchev–Trinajstić information content (AvgIpc) is 3.19. The van der Waals surface area contributed by atoms with E-state index in [4.69, 9.17) is 17.3 Å². The predicted molar refractivity (Wildman–Crippen MR) is 91.9 cm³/mol. The summed E-state index contributed by atoms with van der Waals surface area (Å²) in [5.41, 5.74) is 6.92. The lowest BCUT2D eigenvalue weighted by Gasteiger charge is -2.28. The van der Waals surface area contributed by atoms with Crippen LogP contribution >= 0.6 is 22.9 Å². The molecule has 0 spiro atoms. The fourth-order valence-electron chi connectivity index (χ4n) is 3.63. The Morgan fingerprint density at radius 2 is 2.27 bits per heavy atom. The zero-order valence-electron chi connectivity index (χ0n) is 11.7. The third kappa shape index (κ3) is 1.74. The Morgan fingerprint density at radius 3 is 3.05 bits per heavy atom. The Morgan fingerprint density at radius 1 is 1.36 bits per heavy atom. The van der Waals surface area contributed by atoms with Crippen molar-refractivity contribution in [2.24, 2.45) is 0 Å². The van der Waals surface area contributed by atoms with E-state index in [0.29, 0.717) is 18.0 Å². The first-order valence-corrected chi connectivity index (χ1v) is 8.54. The van der Waals surface area contributed by atoms with E-state index in [-0.39, 0.29) is 0 Å². The van der Waals surface area contributed by atoms with Gasteiger partial charge in [-0.1, -0.05) is 11.6 Å². The molecule has 4 heterocycles. The molecule has 2 aliphatic heterocycles. The number of aromatic nitrogens is 2. The highest BCUT2D eigenvalue weighted by Crippen LogP contribution is 2.41. The summed E-state index contributed by atoms with van der Waals surface area (Å²) in [6.45, 7) is 2.01. The minimum absolute atomic E-state index is 0.341. The van der Waals surface area contributed by atoms with Crippen LogP contribution in [0.15, 0.2) is 18.2 Å². The second kappa shape index (κ2) is 4.44. The molecule has 0 amide bonds. The van der Waals surface area contributed by atoms with Gasteiger partial charge in [0.25, 0.3) is 0 Å². The third-order valence-electron chi connectivity index (χ3n) is 4.60. The predicted octanol–water partition coefficient (Wildman–Crippen LogP) is 2.63. The van der Waals surface area contributed by atoms with Crippen LogP contribution in [0.3, 0.4) is 0 Å². The van der Waals surface area contributed by atoms with Gasteiger partial charge in [-0.3, -0.25) is 0 Å². The maximum atomic E-state index is 6.12. The van der Waals surface area contributed by atoms with E-state index in [0.717, 1.165) is 44.2 Å². The third-order valence-corrected chi connectivity index (χ3v) is 5.98. The second-order valence-electron chi connectivity index (χ2n) is 5.97. The number of hydrogen-bond acceptors (Lipinski definition) is 6. The summed E-state index contributed by atoms with van der Waals surface area (Å²) in [4.78, 5) is 11.4. The Labute approximate surface area is 136 Å². The standard InChI is InChI=1S/C15H14ClN5S/c16-7-1-2-10-11(3-7)22-13-12(10)19-15(17)20-14(13)21-6-8-4-9(21)5-18-8/h1-3,8-9,18H,4-6H2,(H2,17,19,20)/t8-,9+/m0/s1. The summed E-state index contributed by atoms with van der Waals surface area (Å²) < 4.78 is 2.24. The van der Waals surface area contributed by atoms with Crippen LogP contribution < -0.4 is 16.0 Å². The van der Waals surface area contributed by atoms with Crippen molar-refractivity contribution >= 4 is 55.0 Å². The van der Waals surface area contributed by atoms with E-state index in [1.807, 2.05) is 18.2 Å². The molecule has 2 bridgehead atoms. The van der Waals surface area contributed by atoms with Gasteiger partial charge in [-0.05, 0) is 24.6 Å². The highest BCUT2D eigenvalue weighted by atomic mass is 35.5. The van der Waals surface area contributed by atoms with Crippen molar-refractivity contribution in [1.82, 2.24) is 15.3 Å². The lowest BCUT2D eigenvalue weighted by atomic mass is 10.2. The Hall–Kier alpha value is -1.63. The summed E-state index contributed by atoms with van der Waals surface area (Å²) >= 11 is 7.82. The number of nitrogens with one attached hydrogen (secondary N) is 1. The smallest absolute Gasteiger partial charge is 0.222 e. The molecule has 0 saturated carbocycles. The van der Waals surface area contributed by atoms with Gasteiger partial charge in [0.15, 0.2) is 5.82 Å². The van der Waals surface area contributed by atoms with Gasteiger partial charge in [0.2, 0.25) is 5.95 Å². The van der Waals surface area contributed by atoms with Gasteiger partial charge >= 0.3 is 0 Å². The minimum atomic E-state index is 0.341. The van der Waals surface area contributed by atoms with E-state index in [9.17, 15) is 0 Å². The number of rotatable bonds is 1. The molecule has 5 rings (SSSR count). The first-order valence-electron chi connectivity index (χ1n) is 7.34. The molecule has 7 heteroatoms. The van der Waals surface area contributed by atoms with E-state index >= 15 is 0 Å². The molecule has 5 nitrogen and oxygen atoms in total. The fourth-order valence-corrected chi connectivity index (χ4v) is 5.06. The Bertz CT molecular complexity index is 908. The van der Waals surface area contributed by atoms with E-state index in [2.05, 4.69) is 20.2 Å². The second-order valence-corrected chi connectivity index (χ2v) is 7.46. The SMILES string of the molecule is Nc1nc(N2C[C@@H]3C[C@@H]2CN3)c2sc3cc(Cl)ccc3c2n1.